The minimum atomic E-state index is -0.782. The standard InChI is InChI=1S/C19H21N5O4.C4H10/c1-28-16-4-2-3-14-13(16)8-15(24-14)19(27)22-10-17(25)23-12(9-20)7-11-5-6-21-18(11)26;1-4(2)3/h2-4,8,11-12,24H,5-7,10H2,1H3,(H,21,26)(H,22,27)(H,23,25);4H,1-3H3/t11-,12-;/m0./s1. The Kier molecular flexibility index (Phi) is 9.08. The molecule has 0 aliphatic carbocycles. The summed E-state index contributed by atoms with van der Waals surface area (Å²) in [6.45, 7) is 6.81. The molecule has 0 bridgehead atoms. The van der Waals surface area contributed by atoms with E-state index >= 15 is 0 Å². The highest BCUT2D eigenvalue weighted by molar-refractivity contribution is 6.00. The van der Waals surface area contributed by atoms with E-state index in [0.29, 0.717) is 24.4 Å². The normalized spacial score (nSPS) is 15.9. The average Bonchev–Trinajstić information content (AvgIpc) is 3.37. The molecule has 1 aliphatic rings. The summed E-state index contributed by atoms with van der Waals surface area (Å²) >= 11 is 0. The SMILES string of the molecule is CC(C)C.COc1cccc2[nH]c(C(=O)NCC(=O)N[C@H](C#N)C[C@@H]3CCNC3=O)cc12. The minimum Gasteiger partial charge on any atom is -0.496 e. The van der Waals surface area contributed by atoms with Crippen LogP contribution in [0.15, 0.2) is 24.3 Å². The number of nitriles is 1. The van der Waals surface area contributed by atoms with Gasteiger partial charge in [0.1, 0.15) is 17.5 Å². The zero-order chi connectivity index (χ0) is 23.7. The van der Waals surface area contributed by atoms with Gasteiger partial charge in [-0.15, -0.1) is 0 Å². The van der Waals surface area contributed by atoms with Crippen molar-refractivity contribution in [1.29, 1.82) is 5.26 Å². The summed E-state index contributed by atoms with van der Waals surface area (Å²) in [6.07, 6.45) is 0.900. The van der Waals surface area contributed by atoms with Crippen molar-refractivity contribution in [3.05, 3.63) is 30.0 Å². The van der Waals surface area contributed by atoms with E-state index in [-0.39, 0.29) is 24.8 Å². The first-order valence-electron chi connectivity index (χ1n) is 10.7. The van der Waals surface area contributed by atoms with E-state index in [0.717, 1.165) is 16.8 Å². The van der Waals surface area contributed by atoms with Crippen LogP contribution in [0.1, 0.15) is 44.1 Å². The molecule has 0 spiro atoms. The number of rotatable bonds is 7. The van der Waals surface area contributed by atoms with Gasteiger partial charge in [-0.25, -0.2) is 0 Å². The molecule has 3 rings (SSSR count). The fourth-order valence-corrected chi connectivity index (χ4v) is 3.23. The molecule has 9 heteroatoms. The lowest BCUT2D eigenvalue weighted by molar-refractivity contribution is -0.124. The van der Waals surface area contributed by atoms with Gasteiger partial charge in [-0.1, -0.05) is 26.8 Å². The molecule has 0 saturated carbocycles. The van der Waals surface area contributed by atoms with Gasteiger partial charge in [0.2, 0.25) is 11.8 Å². The fourth-order valence-electron chi connectivity index (χ4n) is 3.23. The molecule has 1 fully saturated rings. The predicted octanol–water partition coefficient (Wildman–Crippen LogP) is 2.10. The van der Waals surface area contributed by atoms with E-state index in [9.17, 15) is 19.6 Å². The summed E-state index contributed by atoms with van der Waals surface area (Å²) in [4.78, 5) is 39.0. The van der Waals surface area contributed by atoms with Crippen LogP contribution < -0.4 is 20.7 Å². The number of amides is 3. The largest absolute Gasteiger partial charge is 0.496 e. The highest BCUT2D eigenvalue weighted by atomic mass is 16.5. The van der Waals surface area contributed by atoms with Crippen LogP contribution in [0.2, 0.25) is 0 Å². The molecular weight excluding hydrogens is 410 g/mol. The number of aromatic nitrogens is 1. The number of H-pyrrole nitrogens is 1. The van der Waals surface area contributed by atoms with E-state index in [1.165, 1.54) is 0 Å². The number of ether oxygens (including phenoxy) is 1. The van der Waals surface area contributed by atoms with Gasteiger partial charge in [0, 0.05) is 23.4 Å². The molecule has 172 valence electrons. The number of hydrogen-bond donors (Lipinski definition) is 4. The second-order valence-electron chi connectivity index (χ2n) is 8.28. The van der Waals surface area contributed by atoms with Crippen molar-refractivity contribution in [3.63, 3.8) is 0 Å². The van der Waals surface area contributed by atoms with Gasteiger partial charge >= 0.3 is 0 Å². The van der Waals surface area contributed by atoms with Gasteiger partial charge in [0.15, 0.2) is 0 Å². The molecule has 2 heterocycles. The van der Waals surface area contributed by atoms with E-state index in [4.69, 9.17) is 4.74 Å². The van der Waals surface area contributed by atoms with Crippen molar-refractivity contribution in [3.8, 4) is 11.8 Å². The smallest absolute Gasteiger partial charge is 0.268 e. The third-order valence-electron chi connectivity index (χ3n) is 4.67. The lowest BCUT2D eigenvalue weighted by atomic mass is 9.99. The molecule has 1 aromatic heterocycles. The molecule has 0 unspecified atom stereocenters. The van der Waals surface area contributed by atoms with E-state index in [1.54, 1.807) is 25.3 Å². The van der Waals surface area contributed by atoms with Crippen LogP contribution in [0.4, 0.5) is 0 Å². The Morgan fingerprint density at radius 3 is 2.62 bits per heavy atom. The van der Waals surface area contributed by atoms with Crippen molar-refractivity contribution < 1.29 is 19.1 Å². The molecule has 2 atom stereocenters. The second kappa shape index (κ2) is 11.7. The lowest BCUT2D eigenvalue weighted by Crippen LogP contribution is -2.42. The maximum absolute atomic E-state index is 12.3. The van der Waals surface area contributed by atoms with Crippen LogP contribution in [0.3, 0.4) is 0 Å². The number of benzene rings is 1. The Labute approximate surface area is 187 Å². The number of nitrogens with zero attached hydrogens (tertiary/aromatic N) is 1. The second-order valence-corrected chi connectivity index (χ2v) is 8.28. The maximum Gasteiger partial charge on any atom is 0.268 e. The molecule has 2 aromatic rings. The van der Waals surface area contributed by atoms with Gasteiger partial charge < -0.3 is 25.7 Å². The number of carbonyl (C=O) groups is 3. The van der Waals surface area contributed by atoms with Crippen LogP contribution in [0.5, 0.6) is 5.75 Å². The topological polar surface area (TPSA) is 136 Å². The molecule has 4 N–H and O–H groups in total. The van der Waals surface area contributed by atoms with Crippen LogP contribution in [0.25, 0.3) is 10.9 Å². The summed E-state index contributed by atoms with van der Waals surface area (Å²) < 4.78 is 5.26. The van der Waals surface area contributed by atoms with Gasteiger partial charge in [-0.2, -0.15) is 5.26 Å². The number of carbonyl (C=O) groups excluding carboxylic acids is 3. The molecule has 32 heavy (non-hydrogen) atoms. The van der Waals surface area contributed by atoms with Gasteiger partial charge in [0.25, 0.3) is 5.91 Å². The Morgan fingerprint density at radius 2 is 2.03 bits per heavy atom. The summed E-state index contributed by atoms with van der Waals surface area (Å²) in [5.74, 6) is 0.153. The van der Waals surface area contributed by atoms with Crippen LogP contribution in [0, 0.1) is 23.2 Å². The predicted molar refractivity (Wildman–Crippen MR) is 121 cm³/mol. The van der Waals surface area contributed by atoms with Crippen molar-refractivity contribution in [2.45, 2.75) is 39.7 Å². The van der Waals surface area contributed by atoms with Crippen molar-refractivity contribution in [2.24, 2.45) is 11.8 Å². The van der Waals surface area contributed by atoms with Crippen LogP contribution in [-0.4, -0.2) is 48.9 Å². The lowest BCUT2D eigenvalue weighted by Gasteiger charge is -2.14. The van der Waals surface area contributed by atoms with Gasteiger partial charge in [-0.3, -0.25) is 14.4 Å². The molecule has 0 radical (unpaired) electrons. The van der Waals surface area contributed by atoms with Crippen molar-refractivity contribution in [1.82, 2.24) is 20.9 Å². The van der Waals surface area contributed by atoms with Crippen LogP contribution >= 0.6 is 0 Å². The molecular formula is C23H31N5O4. The van der Waals surface area contributed by atoms with Crippen molar-refractivity contribution in [2.75, 3.05) is 20.2 Å². The Hall–Kier alpha value is -3.54. The monoisotopic (exact) mass is 441 g/mol. The Balaban J connectivity index is 0.000000837. The molecule has 1 aliphatic heterocycles. The van der Waals surface area contributed by atoms with Gasteiger partial charge in [0.05, 0.1) is 19.7 Å². The maximum atomic E-state index is 12.3. The van der Waals surface area contributed by atoms with E-state index in [2.05, 4.69) is 41.7 Å². The summed E-state index contributed by atoms with van der Waals surface area (Å²) in [5.41, 5.74) is 1.04. The molecule has 3 amide bonds. The first kappa shape index (κ1) is 24.7. The zero-order valence-electron chi connectivity index (χ0n) is 19.0. The van der Waals surface area contributed by atoms with E-state index < -0.39 is 17.9 Å². The number of fused-ring (bicyclic) bond motifs is 1. The Morgan fingerprint density at radius 1 is 1.31 bits per heavy atom. The van der Waals surface area contributed by atoms with Gasteiger partial charge in [-0.05, 0) is 37.0 Å². The number of hydrogen-bond acceptors (Lipinski definition) is 5. The summed E-state index contributed by atoms with van der Waals surface area (Å²) in [7, 11) is 1.55. The Bertz CT molecular complexity index is 989. The zero-order valence-corrected chi connectivity index (χ0v) is 19.0. The minimum absolute atomic E-state index is 0.1000. The molecule has 1 saturated heterocycles. The third kappa shape index (κ3) is 7.01. The first-order chi connectivity index (χ1) is 15.2. The average molecular weight is 442 g/mol. The number of aromatic amines is 1. The van der Waals surface area contributed by atoms with E-state index in [1.807, 2.05) is 12.1 Å². The quantitative estimate of drug-likeness (QED) is 0.522. The number of nitrogens with one attached hydrogen (secondary N) is 4. The fraction of sp³-hybridized carbons (Fsp3) is 0.478. The molecule has 9 nitrogen and oxygen atoms in total. The van der Waals surface area contributed by atoms with Crippen molar-refractivity contribution >= 4 is 28.6 Å². The van der Waals surface area contributed by atoms with Crippen LogP contribution in [-0.2, 0) is 9.59 Å². The molecule has 1 aromatic carbocycles. The highest BCUT2D eigenvalue weighted by Gasteiger charge is 2.28. The summed E-state index contributed by atoms with van der Waals surface area (Å²) in [5, 5.41) is 17.7. The third-order valence-corrected chi connectivity index (χ3v) is 4.67. The highest BCUT2D eigenvalue weighted by Crippen LogP contribution is 2.25. The number of methoxy groups -OCH3 is 1. The first-order valence-corrected chi connectivity index (χ1v) is 10.7. The summed E-state index contributed by atoms with van der Waals surface area (Å²) in [6, 6.07) is 8.27.